The average Bonchev–Trinajstić information content (AvgIpc) is 3.19. The van der Waals surface area contributed by atoms with E-state index in [9.17, 15) is 8.42 Å². The van der Waals surface area contributed by atoms with Crippen LogP contribution in [-0.4, -0.2) is 34.0 Å². The van der Waals surface area contributed by atoms with Gasteiger partial charge in [-0.1, -0.05) is 18.2 Å². The average molecular weight is 327 g/mol. The van der Waals surface area contributed by atoms with Crippen LogP contribution in [0.5, 0.6) is 0 Å². The molecular formula is C15H13N5O2S. The van der Waals surface area contributed by atoms with Crippen LogP contribution in [0.25, 0.3) is 28.1 Å². The lowest BCUT2D eigenvalue weighted by atomic mass is 10.1. The van der Waals surface area contributed by atoms with Crippen LogP contribution in [0.4, 0.5) is 0 Å². The van der Waals surface area contributed by atoms with Gasteiger partial charge in [0.2, 0.25) is 5.95 Å². The van der Waals surface area contributed by atoms with Gasteiger partial charge in [0, 0.05) is 42.8 Å². The van der Waals surface area contributed by atoms with E-state index in [1.54, 1.807) is 10.8 Å². The highest BCUT2D eigenvalue weighted by Gasteiger charge is 2.18. The zero-order valence-electron chi connectivity index (χ0n) is 12.2. The summed E-state index contributed by atoms with van der Waals surface area (Å²) in [6.07, 6.45) is 6.44. The fourth-order valence-electron chi connectivity index (χ4n) is 2.60. The number of pyridine rings is 1. The Balaban J connectivity index is 1.96. The van der Waals surface area contributed by atoms with Crippen LogP contribution in [0.3, 0.4) is 0 Å². The van der Waals surface area contributed by atoms with Crippen LogP contribution in [0.1, 0.15) is 0 Å². The molecule has 2 aliphatic rings. The number of fused-ring (bicyclic) bond motifs is 3. The van der Waals surface area contributed by atoms with Gasteiger partial charge >= 0.3 is 10.2 Å². The molecule has 2 aromatic rings. The number of imidazole rings is 1. The van der Waals surface area contributed by atoms with Crippen molar-refractivity contribution in [2.75, 3.05) is 7.05 Å². The lowest BCUT2D eigenvalue weighted by molar-refractivity contribution is 0.577. The lowest BCUT2D eigenvalue weighted by Gasteiger charge is -2.11. The monoisotopic (exact) mass is 327 g/mol. The summed E-state index contributed by atoms with van der Waals surface area (Å²) in [5.74, 6) is 0.284. The number of nitrogens with one attached hydrogen (secondary N) is 1. The van der Waals surface area contributed by atoms with Gasteiger partial charge in [-0.15, -0.1) is 0 Å². The summed E-state index contributed by atoms with van der Waals surface area (Å²) >= 11 is 0. The Hall–Kier alpha value is -2.71. The minimum atomic E-state index is -3.65. The van der Waals surface area contributed by atoms with Crippen molar-refractivity contribution in [3.05, 3.63) is 55.1 Å². The maximum atomic E-state index is 12.1. The first-order valence-electron chi connectivity index (χ1n) is 6.94. The largest absolute Gasteiger partial charge is 0.307 e. The van der Waals surface area contributed by atoms with Crippen molar-refractivity contribution in [1.82, 2.24) is 23.2 Å². The van der Waals surface area contributed by atoms with E-state index in [1.165, 1.54) is 19.4 Å². The number of hydrogen-bond donors (Lipinski definition) is 1. The molecule has 4 rings (SSSR count). The van der Waals surface area contributed by atoms with E-state index in [1.807, 2.05) is 36.5 Å². The highest BCUT2D eigenvalue weighted by Crippen LogP contribution is 2.30. The molecule has 23 heavy (non-hydrogen) atoms. The Bertz CT molecular complexity index is 1080. The minimum absolute atomic E-state index is 0.284. The maximum Gasteiger partial charge on any atom is 0.307 e. The molecule has 0 radical (unpaired) electrons. The summed E-state index contributed by atoms with van der Waals surface area (Å²) < 4.78 is 29.2. The Kier molecular flexibility index (Phi) is 2.97. The normalized spacial score (nSPS) is 12.2. The molecule has 0 bridgehead atoms. The Morgan fingerprint density at radius 2 is 1.96 bits per heavy atom. The lowest BCUT2D eigenvalue weighted by Crippen LogP contribution is -2.27. The van der Waals surface area contributed by atoms with Crippen molar-refractivity contribution in [2.24, 2.45) is 0 Å². The second kappa shape index (κ2) is 4.90. The van der Waals surface area contributed by atoms with Crippen LogP contribution in [0.2, 0.25) is 0 Å². The molecule has 0 spiro atoms. The first-order chi connectivity index (χ1) is 11.1. The summed E-state index contributed by atoms with van der Waals surface area (Å²) in [6.45, 7) is 0. The van der Waals surface area contributed by atoms with Crippen molar-refractivity contribution in [3.8, 4) is 17.2 Å². The molecule has 0 saturated carbocycles. The van der Waals surface area contributed by atoms with Crippen molar-refractivity contribution < 1.29 is 8.42 Å². The summed E-state index contributed by atoms with van der Waals surface area (Å²) in [7, 11) is -2.29. The van der Waals surface area contributed by atoms with Crippen LogP contribution in [-0.2, 0) is 10.2 Å². The summed E-state index contributed by atoms with van der Waals surface area (Å²) in [5.41, 5.74) is 2.71. The molecular weight excluding hydrogens is 314 g/mol. The second-order valence-corrected chi connectivity index (χ2v) is 6.76. The van der Waals surface area contributed by atoms with Crippen molar-refractivity contribution in [1.29, 1.82) is 0 Å². The zero-order valence-corrected chi connectivity index (χ0v) is 13.0. The van der Waals surface area contributed by atoms with Gasteiger partial charge in [0.25, 0.3) is 0 Å². The third-order valence-electron chi connectivity index (χ3n) is 3.71. The van der Waals surface area contributed by atoms with Crippen LogP contribution in [0.15, 0.2) is 55.1 Å². The molecule has 7 nitrogen and oxygen atoms in total. The molecule has 0 unspecified atom stereocenters. The number of benzene rings is 1. The Labute approximate surface area is 132 Å². The van der Waals surface area contributed by atoms with E-state index in [4.69, 9.17) is 0 Å². The van der Waals surface area contributed by atoms with Gasteiger partial charge in [-0.3, -0.25) is 4.57 Å². The van der Waals surface area contributed by atoms with Gasteiger partial charge in [0.05, 0.1) is 11.2 Å². The van der Waals surface area contributed by atoms with Crippen molar-refractivity contribution in [2.45, 2.75) is 0 Å². The minimum Gasteiger partial charge on any atom is -0.293 e. The molecule has 0 fully saturated rings. The third kappa shape index (κ3) is 2.11. The molecule has 1 aromatic carbocycles. The zero-order chi connectivity index (χ0) is 16.0. The van der Waals surface area contributed by atoms with Crippen molar-refractivity contribution in [3.63, 3.8) is 0 Å². The standard InChI is InChI=1S/C15H13N5O2S/c1-16-23(21,22)20-9-7-17-15(20)19-8-6-14-12(10-19)11-4-2-3-5-13(11)18-14/h2-10,16H,1H3. The number of aromatic nitrogens is 4. The highest BCUT2D eigenvalue weighted by molar-refractivity contribution is 7.88. The molecule has 0 amide bonds. The molecule has 1 N–H and O–H groups in total. The van der Waals surface area contributed by atoms with E-state index < -0.39 is 10.2 Å². The molecule has 116 valence electrons. The number of para-hydroxylation sites is 1. The van der Waals surface area contributed by atoms with E-state index in [-0.39, 0.29) is 5.95 Å². The second-order valence-electron chi connectivity index (χ2n) is 5.01. The van der Waals surface area contributed by atoms with Gasteiger partial charge < -0.3 is 0 Å². The van der Waals surface area contributed by atoms with Crippen molar-refractivity contribution >= 4 is 21.1 Å². The van der Waals surface area contributed by atoms with E-state index >= 15 is 0 Å². The molecule has 0 atom stereocenters. The molecule has 0 saturated heterocycles. The molecule has 3 heterocycles. The quantitative estimate of drug-likeness (QED) is 0.620. The van der Waals surface area contributed by atoms with E-state index in [2.05, 4.69) is 14.7 Å². The fraction of sp³-hybridized carbons (Fsp3) is 0.0667. The molecule has 8 heteroatoms. The third-order valence-corrected chi connectivity index (χ3v) is 5.03. The van der Waals surface area contributed by atoms with Crippen LogP contribution in [0, 0.1) is 0 Å². The smallest absolute Gasteiger partial charge is 0.293 e. The van der Waals surface area contributed by atoms with Gasteiger partial charge in [-0.25, -0.2) is 14.7 Å². The van der Waals surface area contributed by atoms with Gasteiger partial charge in [0.15, 0.2) is 0 Å². The van der Waals surface area contributed by atoms with Gasteiger partial charge in [0.1, 0.15) is 0 Å². The fourth-order valence-corrected chi connectivity index (χ4v) is 3.37. The van der Waals surface area contributed by atoms with Gasteiger partial charge in [-0.2, -0.15) is 12.4 Å². The van der Waals surface area contributed by atoms with Crippen LogP contribution >= 0.6 is 0 Å². The molecule has 1 aromatic heterocycles. The summed E-state index contributed by atoms with van der Waals surface area (Å²) in [4.78, 5) is 8.71. The van der Waals surface area contributed by atoms with Gasteiger partial charge in [-0.05, 0) is 12.1 Å². The summed E-state index contributed by atoms with van der Waals surface area (Å²) in [5, 5.41) is 1.02. The van der Waals surface area contributed by atoms with E-state index in [0.29, 0.717) is 0 Å². The predicted octanol–water partition coefficient (Wildman–Crippen LogP) is 1.64. The Morgan fingerprint density at radius 3 is 2.78 bits per heavy atom. The number of nitrogens with zero attached hydrogens (tertiary/aromatic N) is 4. The molecule has 2 aliphatic heterocycles. The summed E-state index contributed by atoms with van der Waals surface area (Å²) in [6, 6.07) is 9.68. The number of hydrogen-bond acceptors (Lipinski definition) is 4. The topological polar surface area (TPSA) is 81.8 Å². The highest BCUT2D eigenvalue weighted by atomic mass is 32.2. The number of rotatable bonds is 3. The maximum absolute atomic E-state index is 12.1. The first kappa shape index (κ1) is 13.9. The van der Waals surface area contributed by atoms with E-state index in [0.717, 1.165) is 26.1 Å². The van der Waals surface area contributed by atoms with Crippen LogP contribution < -0.4 is 4.72 Å². The SMILES string of the molecule is CNS(=O)(=O)n1ccnc1-n1ccc2nc3ccccc3c-2c1. The predicted molar refractivity (Wildman–Crippen MR) is 86.9 cm³/mol. The Morgan fingerprint density at radius 1 is 1.13 bits per heavy atom. The molecule has 0 aliphatic carbocycles. The first-order valence-corrected chi connectivity index (χ1v) is 8.38.